The zero-order chi connectivity index (χ0) is 14.3. The lowest BCUT2D eigenvalue weighted by Gasteiger charge is -2.17. The molecule has 1 N–H and O–H groups in total. The first kappa shape index (κ1) is 16.4. The summed E-state index contributed by atoms with van der Waals surface area (Å²) in [5.74, 6) is 0.586. The lowest BCUT2D eigenvalue weighted by atomic mass is 10.2. The quantitative estimate of drug-likeness (QED) is 0.841. The zero-order valence-corrected chi connectivity index (χ0v) is 13.5. The van der Waals surface area contributed by atoms with Crippen molar-refractivity contribution < 1.29 is 9.00 Å². The molecule has 108 valence electrons. The lowest BCUT2D eigenvalue weighted by molar-refractivity contribution is -0.121. The average molecular weight is 301 g/mol. The first-order valence-electron chi connectivity index (χ1n) is 6.57. The van der Waals surface area contributed by atoms with Gasteiger partial charge in [-0.05, 0) is 45.1 Å². The summed E-state index contributed by atoms with van der Waals surface area (Å²) in [5, 5.41) is 4.89. The zero-order valence-electron chi connectivity index (χ0n) is 11.9. The Morgan fingerprint density at radius 2 is 2.16 bits per heavy atom. The molecule has 0 aliphatic rings. The molecule has 1 aromatic heterocycles. The monoisotopic (exact) mass is 301 g/mol. The molecule has 1 amide bonds. The van der Waals surface area contributed by atoms with Gasteiger partial charge in [0.15, 0.2) is 0 Å². The molecule has 0 bridgehead atoms. The molecule has 0 aromatic carbocycles. The van der Waals surface area contributed by atoms with Gasteiger partial charge in [0.2, 0.25) is 5.91 Å². The van der Waals surface area contributed by atoms with Crippen LogP contribution in [0.2, 0.25) is 0 Å². The van der Waals surface area contributed by atoms with Crippen molar-refractivity contribution in [2.75, 3.05) is 12.3 Å². The minimum absolute atomic E-state index is 0.0578. The summed E-state index contributed by atoms with van der Waals surface area (Å²) >= 11 is 1.73. The number of rotatable bonds is 7. The van der Waals surface area contributed by atoms with Crippen LogP contribution in [-0.4, -0.2) is 27.2 Å². The third-order valence-corrected chi connectivity index (χ3v) is 5.58. The molecule has 1 atom stereocenters. The number of hydrogen-bond donors (Lipinski definition) is 1. The van der Waals surface area contributed by atoms with Crippen LogP contribution in [0.3, 0.4) is 0 Å². The Labute approximate surface area is 122 Å². The van der Waals surface area contributed by atoms with E-state index < -0.39 is 10.8 Å². The molecule has 0 saturated heterocycles. The Morgan fingerprint density at radius 1 is 1.42 bits per heavy atom. The molecule has 0 radical (unpaired) electrons. The van der Waals surface area contributed by atoms with Crippen molar-refractivity contribution in [1.82, 2.24) is 5.32 Å². The summed E-state index contributed by atoms with van der Waals surface area (Å²) in [7, 11) is -0.897. The fraction of sp³-hybridized carbons (Fsp3) is 0.643. The summed E-state index contributed by atoms with van der Waals surface area (Å²) in [4.78, 5) is 12.9. The van der Waals surface area contributed by atoms with Gasteiger partial charge in [-0.1, -0.05) is 6.07 Å². The van der Waals surface area contributed by atoms with Gasteiger partial charge in [0, 0.05) is 39.1 Å². The molecule has 3 nitrogen and oxygen atoms in total. The Bertz CT molecular complexity index is 408. The van der Waals surface area contributed by atoms with E-state index in [1.807, 2.05) is 26.8 Å². The lowest BCUT2D eigenvalue weighted by Crippen LogP contribution is -2.32. The standard InChI is InChI=1S/C14H23NO2S2/c1-14(2,3)19(17)11-9-15-13(16)8-4-6-12-7-5-10-18-12/h5,7,10H,4,6,8-9,11H2,1-3H3,(H,15,16). The van der Waals surface area contributed by atoms with Crippen molar-refractivity contribution in [3.8, 4) is 0 Å². The number of aryl methyl sites for hydroxylation is 1. The van der Waals surface area contributed by atoms with Crippen LogP contribution in [0.4, 0.5) is 0 Å². The minimum atomic E-state index is -0.897. The molecular formula is C14H23NO2S2. The SMILES string of the molecule is CC(C)(C)S(=O)CCNC(=O)CCCc1cccs1. The molecule has 1 aromatic rings. The van der Waals surface area contributed by atoms with E-state index in [4.69, 9.17) is 0 Å². The normalized spacial score (nSPS) is 13.2. The second-order valence-corrected chi connectivity index (χ2v) is 8.80. The van der Waals surface area contributed by atoms with Crippen molar-refractivity contribution in [1.29, 1.82) is 0 Å². The van der Waals surface area contributed by atoms with Gasteiger partial charge in [0.05, 0.1) is 0 Å². The summed E-state index contributed by atoms with van der Waals surface area (Å²) in [5.41, 5.74) is 0. The van der Waals surface area contributed by atoms with Crippen LogP contribution in [0, 0.1) is 0 Å². The van der Waals surface area contributed by atoms with E-state index in [9.17, 15) is 9.00 Å². The van der Waals surface area contributed by atoms with Gasteiger partial charge in [0.25, 0.3) is 0 Å². The highest BCUT2D eigenvalue weighted by atomic mass is 32.2. The highest BCUT2D eigenvalue weighted by Gasteiger charge is 2.18. The van der Waals surface area contributed by atoms with Gasteiger partial charge < -0.3 is 5.32 Å². The molecule has 0 fully saturated rings. The Hall–Kier alpha value is -0.680. The van der Waals surface area contributed by atoms with Gasteiger partial charge in [-0.2, -0.15) is 0 Å². The molecule has 1 unspecified atom stereocenters. The fourth-order valence-electron chi connectivity index (χ4n) is 1.56. The predicted molar refractivity (Wildman–Crippen MR) is 83.0 cm³/mol. The molecule has 19 heavy (non-hydrogen) atoms. The van der Waals surface area contributed by atoms with E-state index in [1.54, 1.807) is 11.3 Å². The molecule has 0 aliphatic carbocycles. The molecule has 5 heteroatoms. The summed E-state index contributed by atoms with van der Waals surface area (Å²) in [6.45, 7) is 6.35. The topological polar surface area (TPSA) is 46.2 Å². The summed E-state index contributed by atoms with van der Waals surface area (Å²) < 4.78 is 11.6. The van der Waals surface area contributed by atoms with Crippen LogP contribution < -0.4 is 5.32 Å². The Balaban J connectivity index is 2.10. The van der Waals surface area contributed by atoms with Gasteiger partial charge in [-0.15, -0.1) is 11.3 Å². The van der Waals surface area contributed by atoms with Crippen molar-refractivity contribution in [2.24, 2.45) is 0 Å². The average Bonchev–Trinajstić information content (AvgIpc) is 2.80. The number of thiophene rings is 1. The first-order valence-corrected chi connectivity index (χ1v) is 8.77. The summed E-state index contributed by atoms with van der Waals surface area (Å²) in [6, 6.07) is 4.12. The highest BCUT2D eigenvalue weighted by molar-refractivity contribution is 7.86. The second-order valence-electron chi connectivity index (χ2n) is 5.44. The second kappa shape index (κ2) is 7.80. The van der Waals surface area contributed by atoms with Crippen molar-refractivity contribution in [2.45, 2.75) is 44.8 Å². The van der Waals surface area contributed by atoms with Gasteiger partial charge >= 0.3 is 0 Å². The third kappa shape index (κ3) is 6.87. The summed E-state index contributed by atoms with van der Waals surface area (Å²) in [6.07, 6.45) is 2.37. The number of carbonyl (C=O) groups excluding carboxylic acids is 1. The van der Waals surface area contributed by atoms with Gasteiger partial charge in [0.1, 0.15) is 0 Å². The molecule has 0 saturated carbocycles. The molecule has 0 spiro atoms. The maximum atomic E-state index is 11.8. The molecule has 1 heterocycles. The third-order valence-electron chi connectivity index (χ3n) is 2.70. The van der Waals surface area contributed by atoms with Crippen LogP contribution in [0.1, 0.15) is 38.5 Å². The Kier molecular flexibility index (Phi) is 6.72. The number of carbonyl (C=O) groups is 1. The van der Waals surface area contributed by atoms with E-state index in [1.165, 1.54) is 4.88 Å². The van der Waals surface area contributed by atoms with Crippen LogP contribution in [0.5, 0.6) is 0 Å². The Morgan fingerprint density at radius 3 is 2.74 bits per heavy atom. The van der Waals surface area contributed by atoms with Crippen LogP contribution in [0.25, 0.3) is 0 Å². The largest absolute Gasteiger partial charge is 0.355 e. The van der Waals surface area contributed by atoms with Crippen LogP contribution in [-0.2, 0) is 22.0 Å². The predicted octanol–water partition coefficient (Wildman–Crippen LogP) is 2.73. The maximum Gasteiger partial charge on any atom is 0.220 e. The molecule has 1 rings (SSSR count). The van der Waals surface area contributed by atoms with E-state index in [0.29, 0.717) is 18.7 Å². The van der Waals surface area contributed by atoms with Crippen LogP contribution in [0.15, 0.2) is 17.5 Å². The van der Waals surface area contributed by atoms with E-state index >= 15 is 0 Å². The number of nitrogens with one attached hydrogen (secondary N) is 1. The van der Waals surface area contributed by atoms with Gasteiger partial charge in [-0.25, -0.2) is 0 Å². The van der Waals surface area contributed by atoms with Crippen LogP contribution >= 0.6 is 11.3 Å². The highest BCUT2D eigenvalue weighted by Crippen LogP contribution is 2.12. The molecular weight excluding hydrogens is 278 g/mol. The smallest absolute Gasteiger partial charge is 0.220 e. The van der Waals surface area contributed by atoms with E-state index in [-0.39, 0.29) is 10.7 Å². The fourth-order valence-corrected chi connectivity index (χ4v) is 3.21. The van der Waals surface area contributed by atoms with Crippen molar-refractivity contribution in [3.63, 3.8) is 0 Å². The molecule has 0 aliphatic heterocycles. The number of hydrogen-bond acceptors (Lipinski definition) is 3. The van der Waals surface area contributed by atoms with Crippen molar-refractivity contribution in [3.05, 3.63) is 22.4 Å². The first-order chi connectivity index (χ1) is 8.89. The van der Waals surface area contributed by atoms with E-state index in [0.717, 1.165) is 12.8 Å². The maximum absolute atomic E-state index is 11.8. The van der Waals surface area contributed by atoms with E-state index in [2.05, 4.69) is 16.8 Å². The minimum Gasteiger partial charge on any atom is -0.355 e. The number of amides is 1. The van der Waals surface area contributed by atoms with Gasteiger partial charge in [-0.3, -0.25) is 9.00 Å². The van der Waals surface area contributed by atoms with Crippen molar-refractivity contribution >= 4 is 28.0 Å².